The van der Waals surface area contributed by atoms with Crippen LogP contribution in [0.15, 0.2) is 46.9 Å². The van der Waals surface area contributed by atoms with E-state index in [9.17, 15) is 19.5 Å². The lowest BCUT2D eigenvalue weighted by molar-refractivity contribution is -0.141. The molecule has 1 atom stereocenters. The van der Waals surface area contributed by atoms with Crippen LogP contribution in [0.5, 0.6) is 0 Å². The number of piperidine rings is 3. The second-order valence-corrected chi connectivity index (χ2v) is 12.6. The summed E-state index contributed by atoms with van der Waals surface area (Å²) in [6, 6.07) is 14.2. The molecule has 0 aliphatic carbocycles. The molecule has 5 rings (SSSR count). The normalized spacial score (nSPS) is 22.2. The topological polar surface area (TPSA) is 93.2 Å². The molecule has 3 saturated heterocycles. The molecule has 2 aromatic rings. The van der Waals surface area contributed by atoms with E-state index >= 15 is 0 Å². The van der Waals surface area contributed by atoms with Crippen molar-refractivity contribution in [3.05, 3.63) is 63.6 Å². The highest BCUT2D eigenvalue weighted by molar-refractivity contribution is 9.10. The van der Waals surface area contributed by atoms with E-state index in [0.29, 0.717) is 25.4 Å². The zero-order valence-electron chi connectivity index (χ0n) is 23.2. The lowest BCUT2D eigenvalue weighted by Gasteiger charge is -2.43. The Labute approximate surface area is 244 Å². The molecule has 2 N–H and O–H groups in total. The first-order valence-electron chi connectivity index (χ1n) is 14.3. The van der Waals surface area contributed by atoms with Crippen LogP contribution < -0.4 is 10.2 Å². The highest BCUT2D eigenvalue weighted by Gasteiger charge is 2.36. The van der Waals surface area contributed by atoms with Gasteiger partial charge in [0.1, 0.15) is 6.04 Å². The van der Waals surface area contributed by atoms with Gasteiger partial charge in [0.2, 0.25) is 18.2 Å². The SMILES string of the molecule is Cc1ccc(C2CCN(CC3(O)CCN(c4ccc(Br)cc4)CC3)CC2)cc1CN(C=O)C1CCC(=O)NC1=O. The van der Waals surface area contributed by atoms with E-state index in [1.54, 1.807) is 0 Å². The van der Waals surface area contributed by atoms with E-state index in [1.165, 1.54) is 16.2 Å². The van der Waals surface area contributed by atoms with Crippen molar-refractivity contribution in [1.29, 1.82) is 0 Å². The van der Waals surface area contributed by atoms with Crippen molar-refractivity contribution in [3.8, 4) is 0 Å². The smallest absolute Gasteiger partial charge is 0.249 e. The highest BCUT2D eigenvalue weighted by Crippen LogP contribution is 2.33. The number of rotatable bonds is 8. The number of carbonyl (C=O) groups is 3. The van der Waals surface area contributed by atoms with E-state index in [-0.39, 0.29) is 12.3 Å². The van der Waals surface area contributed by atoms with Gasteiger partial charge in [0.25, 0.3) is 0 Å². The number of amides is 3. The Balaban J connectivity index is 1.14. The quantitative estimate of drug-likeness (QED) is 0.349. The number of hydrogen-bond acceptors (Lipinski definition) is 6. The molecule has 3 aliphatic rings. The number of halogens is 1. The first kappa shape index (κ1) is 28.8. The molecule has 0 saturated carbocycles. The van der Waals surface area contributed by atoms with E-state index in [2.05, 4.69) is 73.5 Å². The fourth-order valence-corrected chi connectivity index (χ4v) is 6.63. The Morgan fingerprint density at radius 2 is 1.75 bits per heavy atom. The molecular formula is C31H39BrN4O4. The summed E-state index contributed by atoms with van der Waals surface area (Å²) in [6.07, 6.45) is 4.91. The Bertz CT molecular complexity index is 1220. The van der Waals surface area contributed by atoms with Crippen LogP contribution in [0, 0.1) is 6.92 Å². The van der Waals surface area contributed by atoms with Crippen molar-refractivity contribution in [1.82, 2.24) is 15.1 Å². The minimum Gasteiger partial charge on any atom is -0.388 e. The fourth-order valence-electron chi connectivity index (χ4n) is 6.36. The number of aliphatic hydroxyl groups is 1. The zero-order chi connectivity index (χ0) is 28.3. The van der Waals surface area contributed by atoms with Gasteiger partial charge in [-0.15, -0.1) is 0 Å². The van der Waals surface area contributed by atoms with Crippen LogP contribution in [0.1, 0.15) is 61.1 Å². The molecule has 1 unspecified atom stereocenters. The molecular weight excluding hydrogens is 572 g/mol. The Hall–Kier alpha value is -2.75. The molecule has 8 nitrogen and oxygen atoms in total. The lowest BCUT2D eigenvalue weighted by Crippen LogP contribution is -2.52. The Morgan fingerprint density at radius 3 is 2.40 bits per heavy atom. The number of nitrogens with one attached hydrogen (secondary N) is 1. The molecule has 40 heavy (non-hydrogen) atoms. The van der Waals surface area contributed by atoms with Gasteiger partial charge in [-0.3, -0.25) is 19.7 Å². The van der Waals surface area contributed by atoms with Crippen LogP contribution in [0.3, 0.4) is 0 Å². The third-order valence-corrected chi connectivity index (χ3v) is 9.46. The van der Waals surface area contributed by atoms with E-state index in [0.717, 1.165) is 73.9 Å². The number of imide groups is 1. The van der Waals surface area contributed by atoms with Crippen molar-refractivity contribution in [2.75, 3.05) is 37.6 Å². The van der Waals surface area contributed by atoms with Crippen molar-refractivity contribution in [2.45, 2.75) is 69.6 Å². The fraction of sp³-hybridized carbons (Fsp3) is 0.516. The summed E-state index contributed by atoms with van der Waals surface area (Å²) >= 11 is 3.50. The van der Waals surface area contributed by atoms with Crippen LogP contribution in [0.2, 0.25) is 0 Å². The monoisotopic (exact) mass is 610 g/mol. The van der Waals surface area contributed by atoms with E-state index in [4.69, 9.17) is 0 Å². The molecule has 214 valence electrons. The standard InChI is InChI=1S/C31H39BrN4O4/c1-22-2-3-24(18-25(22)19-36(21-37)28-8-9-29(38)33-30(28)39)23-10-14-34(15-11-23)20-31(40)12-16-35(17-13-31)27-6-4-26(32)5-7-27/h2-7,18,21,23,28,40H,8-17,19-20H2,1H3,(H,33,38,39). The largest absolute Gasteiger partial charge is 0.388 e. The van der Waals surface area contributed by atoms with Crippen LogP contribution in [0.25, 0.3) is 0 Å². The van der Waals surface area contributed by atoms with Crippen molar-refractivity contribution >= 4 is 39.8 Å². The zero-order valence-corrected chi connectivity index (χ0v) is 24.7. The average Bonchev–Trinajstić information content (AvgIpc) is 2.94. The number of aryl methyl sites for hydroxylation is 1. The minimum absolute atomic E-state index is 0.247. The van der Waals surface area contributed by atoms with Gasteiger partial charge in [-0.05, 0) is 99.0 Å². The number of benzene rings is 2. The summed E-state index contributed by atoms with van der Waals surface area (Å²) in [7, 11) is 0. The van der Waals surface area contributed by atoms with Gasteiger partial charge < -0.3 is 19.8 Å². The third kappa shape index (κ3) is 6.75. The van der Waals surface area contributed by atoms with E-state index in [1.807, 2.05) is 6.92 Å². The van der Waals surface area contributed by atoms with Crippen LogP contribution in [0.4, 0.5) is 5.69 Å². The molecule has 2 aromatic carbocycles. The molecule has 0 spiro atoms. The van der Waals surface area contributed by atoms with Crippen molar-refractivity contribution < 1.29 is 19.5 Å². The Kier molecular flexibility index (Phi) is 8.92. The number of β-amino-alcohol motifs (C(OH)–C–C–N with tert-alkyl or cyclic N) is 1. The van der Waals surface area contributed by atoms with Crippen molar-refractivity contribution in [3.63, 3.8) is 0 Å². The van der Waals surface area contributed by atoms with Gasteiger partial charge in [-0.2, -0.15) is 0 Å². The maximum absolute atomic E-state index is 12.3. The number of carbonyl (C=O) groups excluding carboxylic acids is 3. The summed E-state index contributed by atoms with van der Waals surface area (Å²) in [6.45, 7) is 6.70. The van der Waals surface area contributed by atoms with Gasteiger partial charge in [-0.25, -0.2) is 0 Å². The molecule has 3 heterocycles. The molecule has 3 amide bonds. The predicted molar refractivity (Wildman–Crippen MR) is 158 cm³/mol. The van der Waals surface area contributed by atoms with Crippen LogP contribution in [-0.4, -0.2) is 77.5 Å². The summed E-state index contributed by atoms with van der Waals surface area (Å²) in [5.74, 6) is -0.259. The summed E-state index contributed by atoms with van der Waals surface area (Å²) in [4.78, 5) is 42.0. The number of hydrogen-bond donors (Lipinski definition) is 2. The molecule has 9 heteroatoms. The number of likely N-dealkylation sites (tertiary alicyclic amines) is 1. The molecule has 0 radical (unpaired) electrons. The van der Waals surface area contributed by atoms with Crippen LogP contribution in [-0.2, 0) is 20.9 Å². The van der Waals surface area contributed by atoms with Gasteiger partial charge in [-0.1, -0.05) is 34.1 Å². The lowest BCUT2D eigenvalue weighted by atomic mass is 9.85. The number of nitrogens with zero attached hydrogens (tertiary/aromatic N) is 3. The molecule has 3 fully saturated rings. The van der Waals surface area contributed by atoms with E-state index < -0.39 is 17.6 Å². The molecule has 0 bridgehead atoms. The maximum atomic E-state index is 12.3. The summed E-state index contributed by atoms with van der Waals surface area (Å²) < 4.78 is 1.07. The molecule has 3 aliphatic heterocycles. The van der Waals surface area contributed by atoms with Crippen molar-refractivity contribution in [2.24, 2.45) is 0 Å². The second-order valence-electron chi connectivity index (χ2n) is 11.7. The van der Waals surface area contributed by atoms with Gasteiger partial charge >= 0.3 is 0 Å². The van der Waals surface area contributed by atoms with Gasteiger partial charge in [0, 0.05) is 42.8 Å². The third-order valence-electron chi connectivity index (χ3n) is 8.93. The second kappa shape index (κ2) is 12.4. The first-order chi connectivity index (χ1) is 19.2. The maximum Gasteiger partial charge on any atom is 0.249 e. The number of anilines is 1. The Morgan fingerprint density at radius 1 is 1.05 bits per heavy atom. The van der Waals surface area contributed by atoms with Crippen LogP contribution >= 0.6 is 15.9 Å². The summed E-state index contributed by atoms with van der Waals surface area (Å²) in [5.41, 5.74) is 3.93. The highest BCUT2D eigenvalue weighted by atomic mass is 79.9. The minimum atomic E-state index is -0.649. The summed E-state index contributed by atoms with van der Waals surface area (Å²) in [5, 5.41) is 13.7. The predicted octanol–water partition coefficient (Wildman–Crippen LogP) is 3.73. The average molecular weight is 612 g/mol. The molecule has 0 aromatic heterocycles. The first-order valence-corrected chi connectivity index (χ1v) is 15.1. The van der Waals surface area contributed by atoms with Gasteiger partial charge in [0.15, 0.2) is 0 Å². The van der Waals surface area contributed by atoms with Gasteiger partial charge in [0.05, 0.1) is 5.60 Å².